The van der Waals surface area contributed by atoms with Crippen LogP contribution in [0, 0.1) is 6.92 Å². The molecule has 1 heterocycles. The molecule has 3 N–H and O–H groups in total. The number of amides is 2. The molecule has 1 aromatic heterocycles. The normalized spacial score (nSPS) is 13.7. The van der Waals surface area contributed by atoms with Gasteiger partial charge in [-0.15, -0.1) is 0 Å². The van der Waals surface area contributed by atoms with Crippen LogP contribution in [0.25, 0.3) is 0 Å². The molecule has 0 spiro atoms. The van der Waals surface area contributed by atoms with Gasteiger partial charge in [-0.2, -0.15) is 5.10 Å². The van der Waals surface area contributed by atoms with E-state index >= 15 is 0 Å². The van der Waals surface area contributed by atoms with Crippen LogP contribution in [0.2, 0.25) is 5.02 Å². The number of aromatic amines is 1. The molecule has 1 aliphatic rings. The van der Waals surface area contributed by atoms with Gasteiger partial charge in [0.2, 0.25) is 0 Å². The second kappa shape index (κ2) is 5.81. The summed E-state index contributed by atoms with van der Waals surface area (Å²) in [6, 6.07) is 5.03. The topological polar surface area (TPSA) is 86.9 Å². The maximum atomic E-state index is 12.0. The number of rotatable bonds is 3. The van der Waals surface area contributed by atoms with E-state index in [9.17, 15) is 9.59 Å². The van der Waals surface area contributed by atoms with Crippen molar-refractivity contribution >= 4 is 34.8 Å². The van der Waals surface area contributed by atoms with Crippen LogP contribution in [0.5, 0.6) is 0 Å². The first kappa shape index (κ1) is 14.6. The third-order valence-corrected chi connectivity index (χ3v) is 3.95. The van der Waals surface area contributed by atoms with Crippen molar-refractivity contribution < 1.29 is 9.59 Å². The van der Waals surface area contributed by atoms with E-state index < -0.39 is 11.8 Å². The molecule has 0 unspecified atom stereocenters. The third-order valence-electron chi connectivity index (χ3n) is 3.52. The smallest absolute Gasteiger partial charge is 0.314 e. The maximum Gasteiger partial charge on any atom is 0.314 e. The second-order valence-corrected chi connectivity index (χ2v) is 5.75. The van der Waals surface area contributed by atoms with Crippen LogP contribution in [0.3, 0.4) is 0 Å². The maximum absolute atomic E-state index is 12.0. The predicted octanol–water partition coefficient (Wildman–Crippen LogP) is 2.83. The van der Waals surface area contributed by atoms with Crippen LogP contribution >= 0.6 is 11.6 Å². The molecule has 0 atom stereocenters. The van der Waals surface area contributed by atoms with E-state index in [-0.39, 0.29) is 0 Å². The minimum atomic E-state index is -0.732. The van der Waals surface area contributed by atoms with Crippen molar-refractivity contribution in [2.45, 2.75) is 25.7 Å². The Morgan fingerprint density at radius 2 is 2.00 bits per heavy atom. The molecule has 0 aliphatic heterocycles. The number of benzene rings is 1. The highest BCUT2D eigenvalue weighted by Gasteiger charge is 2.29. The van der Waals surface area contributed by atoms with Crippen LogP contribution in [0.4, 0.5) is 11.4 Å². The molecule has 3 rings (SSSR count). The summed E-state index contributed by atoms with van der Waals surface area (Å²) in [5, 5.41) is 12.5. The van der Waals surface area contributed by atoms with Crippen molar-refractivity contribution in [2.24, 2.45) is 0 Å². The number of H-pyrrole nitrogens is 1. The van der Waals surface area contributed by atoms with Crippen LogP contribution in [0.15, 0.2) is 24.4 Å². The summed E-state index contributed by atoms with van der Waals surface area (Å²) < 4.78 is 0. The first-order chi connectivity index (χ1) is 10.5. The number of aryl methyl sites for hydroxylation is 1. The highest BCUT2D eigenvalue weighted by molar-refractivity contribution is 6.43. The molecule has 7 heteroatoms. The highest BCUT2D eigenvalue weighted by atomic mass is 35.5. The minimum absolute atomic E-state index is 0.403. The SMILES string of the molecule is Cc1cc(NC(=O)C(=O)Nc2cn[nH]c2C2CC2)ccc1Cl. The predicted molar refractivity (Wildman–Crippen MR) is 84.0 cm³/mol. The Balaban J connectivity index is 1.65. The summed E-state index contributed by atoms with van der Waals surface area (Å²) in [4.78, 5) is 23.9. The fourth-order valence-corrected chi connectivity index (χ4v) is 2.29. The number of aromatic nitrogens is 2. The lowest BCUT2D eigenvalue weighted by Crippen LogP contribution is -2.29. The molecule has 0 bridgehead atoms. The average Bonchev–Trinajstić information content (AvgIpc) is 3.23. The van der Waals surface area contributed by atoms with Crippen molar-refractivity contribution in [1.29, 1.82) is 0 Å². The standard InChI is InChI=1S/C15H15ClN4O2/c1-8-6-10(4-5-11(8)16)18-14(21)15(22)19-12-7-17-20-13(12)9-2-3-9/h4-7,9H,2-3H2,1H3,(H,17,20)(H,18,21)(H,19,22). The highest BCUT2D eigenvalue weighted by Crippen LogP contribution is 2.42. The first-order valence-electron chi connectivity index (χ1n) is 6.96. The van der Waals surface area contributed by atoms with Crippen molar-refractivity contribution in [1.82, 2.24) is 10.2 Å². The molecule has 1 saturated carbocycles. The van der Waals surface area contributed by atoms with Crippen LogP contribution in [-0.4, -0.2) is 22.0 Å². The summed E-state index contributed by atoms with van der Waals surface area (Å²) in [6.07, 6.45) is 3.66. The van der Waals surface area contributed by atoms with Gasteiger partial charge in [-0.05, 0) is 43.5 Å². The van der Waals surface area contributed by atoms with Gasteiger partial charge in [-0.25, -0.2) is 0 Å². The Morgan fingerprint density at radius 1 is 1.27 bits per heavy atom. The van der Waals surface area contributed by atoms with Gasteiger partial charge >= 0.3 is 11.8 Å². The Bertz CT molecular complexity index is 737. The Hall–Kier alpha value is -2.34. The number of carbonyl (C=O) groups is 2. The molecule has 1 fully saturated rings. The van der Waals surface area contributed by atoms with E-state index in [2.05, 4.69) is 20.8 Å². The second-order valence-electron chi connectivity index (χ2n) is 5.34. The molecule has 1 aromatic carbocycles. The molecule has 1 aliphatic carbocycles. The zero-order valence-electron chi connectivity index (χ0n) is 11.9. The lowest BCUT2D eigenvalue weighted by molar-refractivity contribution is -0.133. The number of nitrogens with zero attached hydrogens (tertiary/aromatic N) is 1. The molecular formula is C15H15ClN4O2. The van der Waals surface area contributed by atoms with Gasteiger partial charge in [0.1, 0.15) is 0 Å². The number of hydrogen-bond acceptors (Lipinski definition) is 3. The molecule has 6 nitrogen and oxygen atoms in total. The summed E-state index contributed by atoms with van der Waals surface area (Å²) in [7, 11) is 0. The first-order valence-corrected chi connectivity index (χ1v) is 7.34. The van der Waals surface area contributed by atoms with E-state index in [0.717, 1.165) is 24.1 Å². The Kier molecular flexibility index (Phi) is 3.85. The molecule has 2 aromatic rings. The summed E-state index contributed by atoms with van der Waals surface area (Å²) in [5.74, 6) is -1.06. The number of hydrogen-bond donors (Lipinski definition) is 3. The monoisotopic (exact) mass is 318 g/mol. The lowest BCUT2D eigenvalue weighted by atomic mass is 10.2. The third kappa shape index (κ3) is 3.12. The molecule has 22 heavy (non-hydrogen) atoms. The van der Waals surface area contributed by atoms with Crippen molar-refractivity contribution in [2.75, 3.05) is 10.6 Å². The van der Waals surface area contributed by atoms with E-state index in [0.29, 0.717) is 22.3 Å². The van der Waals surface area contributed by atoms with Gasteiger partial charge in [0, 0.05) is 16.6 Å². The summed E-state index contributed by atoms with van der Waals surface area (Å²) in [6.45, 7) is 1.82. The van der Waals surface area contributed by atoms with E-state index in [4.69, 9.17) is 11.6 Å². The van der Waals surface area contributed by atoms with Crippen LogP contribution in [-0.2, 0) is 9.59 Å². The number of nitrogens with one attached hydrogen (secondary N) is 3. The van der Waals surface area contributed by atoms with Gasteiger partial charge in [0.05, 0.1) is 17.6 Å². The number of halogens is 1. The van der Waals surface area contributed by atoms with Gasteiger partial charge in [-0.3, -0.25) is 14.7 Å². The minimum Gasteiger partial charge on any atom is -0.318 e. The van der Waals surface area contributed by atoms with Crippen LogP contribution in [0.1, 0.15) is 30.0 Å². The fraction of sp³-hybridized carbons (Fsp3) is 0.267. The van der Waals surface area contributed by atoms with Gasteiger partial charge in [0.15, 0.2) is 0 Å². The molecular weight excluding hydrogens is 304 g/mol. The lowest BCUT2D eigenvalue weighted by Gasteiger charge is -2.07. The summed E-state index contributed by atoms with van der Waals surface area (Å²) in [5.41, 5.74) is 2.79. The van der Waals surface area contributed by atoms with Crippen molar-refractivity contribution in [3.8, 4) is 0 Å². The molecule has 114 valence electrons. The molecule has 0 saturated heterocycles. The van der Waals surface area contributed by atoms with E-state index in [1.165, 1.54) is 6.20 Å². The number of carbonyl (C=O) groups excluding carboxylic acids is 2. The Morgan fingerprint density at radius 3 is 2.68 bits per heavy atom. The number of anilines is 2. The summed E-state index contributed by atoms with van der Waals surface area (Å²) >= 11 is 5.93. The zero-order chi connectivity index (χ0) is 15.7. The Labute approximate surface area is 132 Å². The quantitative estimate of drug-likeness (QED) is 0.760. The largest absolute Gasteiger partial charge is 0.318 e. The van der Waals surface area contributed by atoms with Gasteiger partial charge in [0.25, 0.3) is 0 Å². The van der Waals surface area contributed by atoms with Gasteiger partial charge < -0.3 is 10.6 Å². The van der Waals surface area contributed by atoms with Gasteiger partial charge in [-0.1, -0.05) is 11.6 Å². The average molecular weight is 319 g/mol. The molecule has 0 radical (unpaired) electrons. The van der Waals surface area contributed by atoms with Crippen molar-refractivity contribution in [3.63, 3.8) is 0 Å². The van der Waals surface area contributed by atoms with E-state index in [1.807, 2.05) is 6.92 Å². The fourth-order valence-electron chi connectivity index (χ4n) is 2.17. The van der Waals surface area contributed by atoms with Crippen molar-refractivity contribution in [3.05, 3.63) is 40.7 Å². The zero-order valence-corrected chi connectivity index (χ0v) is 12.7. The molecule has 2 amide bonds. The van der Waals surface area contributed by atoms with Crippen LogP contribution < -0.4 is 10.6 Å². The van der Waals surface area contributed by atoms with E-state index in [1.54, 1.807) is 18.2 Å².